The van der Waals surface area contributed by atoms with E-state index in [9.17, 15) is 4.39 Å². The molecule has 0 aliphatic carbocycles. The van der Waals surface area contributed by atoms with Crippen molar-refractivity contribution in [3.05, 3.63) is 42.2 Å². The average molecular weight is 340 g/mol. The molecule has 2 saturated heterocycles. The van der Waals surface area contributed by atoms with Gasteiger partial charge in [-0.3, -0.25) is 0 Å². The van der Waals surface area contributed by atoms with E-state index in [0.717, 1.165) is 31.0 Å². The predicted octanol–water partition coefficient (Wildman–Crippen LogP) is 1.47. The summed E-state index contributed by atoms with van der Waals surface area (Å²) in [5.41, 5.74) is 1.26. The molecule has 0 amide bonds. The standard InChI is InChI=1S/C17H17FN6O/c18-12-3-1-11(2-4-12)16-22-21-15-6-5-14(23-24(15)16)20-10-17-7-13(8-25-17)19-9-17/h1-6,13,19H,7-10H2,(H,20,23). The largest absolute Gasteiger partial charge is 0.370 e. The number of anilines is 1. The molecule has 2 aromatic heterocycles. The number of fused-ring (bicyclic) bond motifs is 3. The van der Waals surface area contributed by atoms with Gasteiger partial charge in [0.2, 0.25) is 0 Å². The molecule has 1 aromatic carbocycles. The van der Waals surface area contributed by atoms with Crippen molar-refractivity contribution in [2.45, 2.75) is 18.1 Å². The fraction of sp³-hybridized carbons (Fsp3) is 0.353. The highest BCUT2D eigenvalue weighted by Gasteiger charge is 2.46. The molecule has 2 aliphatic rings. The van der Waals surface area contributed by atoms with E-state index in [1.165, 1.54) is 12.1 Å². The van der Waals surface area contributed by atoms with Crippen molar-refractivity contribution in [1.82, 2.24) is 25.1 Å². The van der Waals surface area contributed by atoms with Crippen LogP contribution in [0.3, 0.4) is 0 Å². The molecule has 2 N–H and O–H groups in total. The molecule has 4 heterocycles. The van der Waals surface area contributed by atoms with Crippen molar-refractivity contribution in [1.29, 1.82) is 0 Å². The van der Waals surface area contributed by atoms with Crippen molar-refractivity contribution < 1.29 is 9.13 Å². The normalized spacial score (nSPS) is 24.9. The van der Waals surface area contributed by atoms with E-state index in [2.05, 4.69) is 25.9 Å². The van der Waals surface area contributed by atoms with Crippen LogP contribution in [-0.2, 0) is 4.74 Å². The van der Waals surface area contributed by atoms with E-state index in [4.69, 9.17) is 4.74 Å². The van der Waals surface area contributed by atoms with Crippen LogP contribution in [0.5, 0.6) is 0 Å². The van der Waals surface area contributed by atoms with Crippen LogP contribution >= 0.6 is 0 Å². The Hall–Kier alpha value is -2.58. The van der Waals surface area contributed by atoms with Crippen LogP contribution in [0, 0.1) is 5.82 Å². The summed E-state index contributed by atoms with van der Waals surface area (Å²) < 4.78 is 20.7. The first-order valence-electron chi connectivity index (χ1n) is 8.30. The average Bonchev–Trinajstić information content (AvgIpc) is 3.35. The molecule has 128 valence electrons. The smallest absolute Gasteiger partial charge is 0.185 e. The number of hydrogen-bond acceptors (Lipinski definition) is 6. The van der Waals surface area contributed by atoms with Gasteiger partial charge < -0.3 is 15.4 Å². The summed E-state index contributed by atoms with van der Waals surface area (Å²) in [5, 5.41) is 19.7. The fourth-order valence-electron chi connectivity index (χ4n) is 3.53. The molecule has 2 bridgehead atoms. The summed E-state index contributed by atoms with van der Waals surface area (Å²) in [6.07, 6.45) is 1.02. The number of hydrogen-bond donors (Lipinski definition) is 2. The molecule has 0 spiro atoms. The molecule has 0 radical (unpaired) electrons. The Bertz CT molecular complexity index is 917. The molecule has 3 aromatic rings. The number of morpholine rings is 1. The third-order valence-corrected chi connectivity index (χ3v) is 4.88. The number of ether oxygens (including phenoxy) is 1. The first-order valence-corrected chi connectivity index (χ1v) is 8.30. The first-order chi connectivity index (χ1) is 12.2. The number of nitrogens with one attached hydrogen (secondary N) is 2. The lowest BCUT2D eigenvalue weighted by Crippen LogP contribution is -2.44. The van der Waals surface area contributed by atoms with Gasteiger partial charge in [0.05, 0.1) is 12.2 Å². The molecule has 2 unspecified atom stereocenters. The highest BCUT2D eigenvalue weighted by atomic mass is 19.1. The van der Waals surface area contributed by atoms with Gasteiger partial charge in [0.15, 0.2) is 11.5 Å². The number of rotatable bonds is 4. The van der Waals surface area contributed by atoms with E-state index in [0.29, 0.717) is 24.1 Å². The molecular formula is C17H17FN6O. The molecular weight excluding hydrogens is 323 g/mol. The second-order valence-corrected chi connectivity index (χ2v) is 6.65. The van der Waals surface area contributed by atoms with Gasteiger partial charge in [0.25, 0.3) is 0 Å². The van der Waals surface area contributed by atoms with Crippen molar-refractivity contribution in [2.75, 3.05) is 25.0 Å². The molecule has 2 fully saturated rings. The van der Waals surface area contributed by atoms with Gasteiger partial charge in [-0.15, -0.1) is 15.3 Å². The zero-order chi connectivity index (χ0) is 16.9. The van der Waals surface area contributed by atoms with Crippen LogP contribution in [0.1, 0.15) is 6.42 Å². The predicted molar refractivity (Wildman–Crippen MR) is 89.8 cm³/mol. The summed E-state index contributed by atoms with van der Waals surface area (Å²) in [6.45, 7) is 2.33. The monoisotopic (exact) mass is 340 g/mol. The second kappa shape index (κ2) is 5.47. The van der Waals surface area contributed by atoms with Crippen LogP contribution in [-0.4, -0.2) is 51.2 Å². The number of halogens is 1. The van der Waals surface area contributed by atoms with E-state index >= 15 is 0 Å². The molecule has 5 rings (SSSR count). The number of aromatic nitrogens is 4. The Labute approximate surface area is 143 Å². The summed E-state index contributed by atoms with van der Waals surface area (Å²) in [6, 6.07) is 10.4. The Morgan fingerprint density at radius 2 is 2.12 bits per heavy atom. The van der Waals surface area contributed by atoms with E-state index in [-0.39, 0.29) is 11.4 Å². The Kier molecular flexibility index (Phi) is 3.22. The van der Waals surface area contributed by atoms with Gasteiger partial charge in [0.1, 0.15) is 11.6 Å². The van der Waals surface area contributed by atoms with Crippen molar-refractivity contribution >= 4 is 11.5 Å². The lowest BCUT2D eigenvalue weighted by atomic mass is 10.0. The molecule has 2 atom stereocenters. The Morgan fingerprint density at radius 1 is 1.24 bits per heavy atom. The minimum absolute atomic E-state index is 0.145. The second-order valence-electron chi connectivity index (χ2n) is 6.65. The van der Waals surface area contributed by atoms with Gasteiger partial charge in [0, 0.05) is 24.7 Å². The highest BCUT2D eigenvalue weighted by molar-refractivity contribution is 5.59. The van der Waals surface area contributed by atoms with E-state index in [1.54, 1.807) is 16.6 Å². The van der Waals surface area contributed by atoms with Crippen LogP contribution in [0.15, 0.2) is 36.4 Å². The zero-order valence-electron chi connectivity index (χ0n) is 13.4. The topological polar surface area (TPSA) is 76.4 Å². The molecule has 2 aliphatic heterocycles. The van der Waals surface area contributed by atoms with Gasteiger partial charge in [-0.05, 0) is 42.8 Å². The van der Waals surface area contributed by atoms with Crippen molar-refractivity contribution in [3.63, 3.8) is 0 Å². The lowest BCUT2D eigenvalue weighted by Gasteiger charge is -2.27. The Balaban J connectivity index is 1.42. The quantitative estimate of drug-likeness (QED) is 0.749. The first kappa shape index (κ1) is 14.7. The molecule has 25 heavy (non-hydrogen) atoms. The molecule has 8 heteroatoms. The molecule has 7 nitrogen and oxygen atoms in total. The van der Waals surface area contributed by atoms with Crippen LogP contribution in [0.4, 0.5) is 10.2 Å². The Morgan fingerprint density at radius 3 is 2.84 bits per heavy atom. The molecule has 0 saturated carbocycles. The fourth-order valence-corrected chi connectivity index (χ4v) is 3.53. The maximum atomic E-state index is 13.1. The third-order valence-electron chi connectivity index (χ3n) is 4.88. The van der Waals surface area contributed by atoms with Crippen LogP contribution in [0.25, 0.3) is 17.0 Å². The van der Waals surface area contributed by atoms with Crippen molar-refractivity contribution in [3.8, 4) is 11.4 Å². The van der Waals surface area contributed by atoms with E-state index in [1.807, 2.05) is 12.1 Å². The third kappa shape index (κ3) is 2.54. The zero-order valence-corrected chi connectivity index (χ0v) is 13.4. The van der Waals surface area contributed by atoms with Gasteiger partial charge in [-0.1, -0.05) is 0 Å². The minimum atomic E-state index is -0.285. The summed E-state index contributed by atoms with van der Waals surface area (Å²) in [7, 11) is 0. The van der Waals surface area contributed by atoms with Crippen LogP contribution < -0.4 is 10.6 Å². The van der Waals surface area contributed by atoms with Crippen molar-refractivity contribution in [2.24, 2.45) is 0 Å². The number of nitrogens with zero attached hydrogens (tertiary/aromatic N) is 4. The summed E-state index contributed by atoms with van der Waals surface area (Å²) in [4.78, 5) is 0. The SMILES string of the molecule is Fc1ccc(-c2nnc3ccc(NCC45CNC(CO4)C5)nn23)cc1. The highest BCUT2D eigenvalue weighted by Crippen LogP contribution is 2.31. The lowest BCUT2D eigenvalue weighted by molar-refractivity contribution is 0.00448. The number of benzene rings is 1. The van der Waals surface area contributed by atoms with Gasteiger partial charge in [-0.25, -0.2) is 4.39 Å². The van der Waals surface area contributed by atoms with Gasteiger partial charge >= 0.3 is 0 Å². The van der Waals surface area contributed by atoms with E-state index < -0.39 is 0 Å². The summed E-state index contributed by atoms with van der Waals surface area (Å²) in [5.74, 6) is 1.02. The van der Waals surface area contributed by atoms with Gasteiger partial charge in [-0.2, -0.15) is 4.52 Å². The van der Waals surface area contributed by atoms with Crippen LogP contribution in [0.2, 0.25) is 0 Å². The minimum Gasteiger partial charge on any atom is -0.370 e. The maximum Gasteiger partial charge on any atom is 0.185 e. The maximum absolute atomic E-state index is 13.1. The summed E-state index contributed by atoms with van der Waals surface area (Å²) >= 11 is 0.